The highest BCUT2D eigenvalue weighted by atomic mass is 16.3. The third-order valence-corrected chi connectivity index (χ3v) is 3.53. The summed E-state index contributed by atoms with van der Waals surface area (Å²) in [5, 5.41) is 6.34. The second-order valence-electron chi connectivity index (χ2n) is 5.06. The standard InChI is InChI=1S/C14H22N2O2/c1-11(13-5-3-9-18-13)16-14(17)7-6-12-4-2-8-15-10-12/h3,5,9,11-12,15H,2,4,6-8,10H2,1H3,(H,16,17)/t11-,12?/m1/s1. The Balaban J connectivity index is 1.68. The molecule has 1 aliphatic heterocycles. The molecular formula is C14H22N2O2. The van der Waals surface area contributed by atoms with Crippen molar-refractivity contribution in [2.24, 2.45) is 5.92 Å². The highest BCUT2D eigenvalue weighted by Crippen LogP contribution is 2.17. The summed E-state index contributed by atoms with van der Waals surface area (Å²) in [7, 11) is 0. The van der Waals surface area contributed by atoms with E-state index >= 15 is 0 Å². The molecule has 0 bridgehead atoms. The van der Waals surface area contributed by atoms with Crippen molar-refractivity contribution in [3.05, 3.63) is 24.2 Å². The van der Waals surface area contributed by atoms with Gasteiger partial charge in [-0.1, -0.05) is 0 Å². The molecule has 1 fully saturated rings. The number of piperidine rings is 1. The molecule has 0 aliphatic carbocycles. The quantitative estimate of drug-likeness (QED) is 0.842. The molecule has 0 aromatic carbocycles. The number of amides is 1. The highest BCUT2D eigenvalue weighted by Gasteiger charge is 2.16. The first kappa shape index (κ1) is 13.1. The van der Waals surface area contributed by atoms with Gasteiger partial charge in [0.25, 0.3) is 0 Å². The summed E-state index contributed by atoms with van der Waals surface area (Å²) in [6.07, 6.45) is 5.69. The Labute approximate surface area is 108 Å². The molecule has 2 atom stereocenters. The van der Waals surface area contributed by atoms with Crippen LogP contribution in [-0.4, -0.2) is 19.0 Å². The predicted octanol–water partition coefficient (Wildman–Crippen LogP) is 2.24. The van der Waals surface area contributed by atoms with Crippen LogP contribution in [-0.2, 0) is 4.79 Å². The number of carbonyl (C=O) groups is 1. The lowest BCUT2D eigenvalue weighted by atomic mass is 9.94. The molecule has 4 heteroatoms. The van der Waals surface area contributed by atoms with E-state index in [9.17, 15) is 4.79 Å². The average Bonchev–Trinajstić information content (AvgIpc) is 2.91. The van der Waals surface area contributed by atoms with Crippen molar-refractivity contribution in [2.75, 3.05) is 13.1 Å². The third-order valence-electron chi connectivity index (χ3n) is 3.53. The zero-order valence-electron chi connectivity index (χ0n) is 10.9. The molecule has 1 saturated heterocycles. The zero-order chi connectivity index (χ0) is 12.8. The van der Waals surface area contributed by atoms with Gasteiger partial charge in [-0.15, -0.1) is 0 Å². The first-order chi connectivity index (χ1) is 8.75. The Morgan fingerprint density at radius 2 is 2.56 bits per heavy atom. The smallest absolute Gasteiger partial charge is 0.220 e. The number of nitrogens with one attached hydrogen (secondary N) is 2. The Morgan fingerprint density at radius 3 is 3.22 bits per heavy atom. The van der Waals surface area contributed by atoms with Gasteiger partial charge in [-0.2, -0.15) is 0 Å². The summed E-state index contributed by atoms with van der Waals surface area (Å²) in [4.78, 5) is 11.8. The molecule has 4 nitrogen and oxygen atoms in total. The first-order valence-electron chi connectivity index (χ1n) is 6.79. The van der Waals surface area contributed by atoms with E-state index in [1.807, 2.05) is 19.1 Å². The molecule has 1 aromatic rings. The number of carbonyl (C=O) groups excluding carboxylic acids is 1. The summed E-state index contributed by atoms with van der Waals surface area (Å²) in [5.74, 6) is 1.58. The molecule has 18 heavy (non-hydrogen) atoms. The fourth-order valence-electron chi connectivity index (χ4n) is 2.43. The van der Waals surface area contributed by atoms with Gasteiger partial charge in [0, 0.05) is 6.42 Å². The largest absolute Gasteiger partial charge is 0.467 e. The van der Waals surface area contributed by atoms with Crippen LogP contribution < -0.4 is 10.6 Å². The fraction of sp³-hybridized carbons (Fsp3) is 0.643. The number of furan rings is 1. The fourth-order valence-corrected chi connectivity index (χ4v) is 2.43. The maximum atomic E-state index is 11.8. The molecule has 1 aromatic heterocycles. The maximum Gasteiger partial charge on any atom is 0.220 e. The van der Waals surface area contributed by atoms with Crippen LogP contribution in [0.2, 0.25) is 0 Å². The predicted molar refractivity (Wildman–Crippen MR) is 70.1 cm³/mol. The van der Waals surface area contributed by atoms with Crippen LogP contribution in [0.15, 0.2) is 22.8 Å². The lowest BCUT2D eigenvalue weighted by molar-refractivity contribution is -0.122. The molecule has 100 valence electrons. The van der Waals surface area contributed by atoms with E-state index < -0.39 is 0 Å². The Bertz CT molecular complexity index is 356. The lowest BCUT2D eigenvalue weighted by Gasteiger charge is -2.22. The van der Waals surface area contributed by atoms with Gasteiger partial charge in [0.05, 0.1) is 12.3 Å². The van der Waals surface area contributed by atoms with Gasteiger partial charge in [0.1, 0.15) is 5.76 Å². The minimum Gasteiger partial charge on any atom is -0.467 e. The molecule has 2 rings (SSSR count). The van der Waals surface area contributed by atoms with Gasteiger partial charge in [-0.25, -0.2) is 0 Å². The van der Waals surface area contributed by atoms with Gasteiger partial charge in [-0.05, 0) is 57.3 Å². The molecule has 2 N–H and O–H groups in total. The van der Waals surface area contributed by atoms with Gasteiger partial charge in [-0.3, -0.25) is 4.79 Å². The van der Waals surface area contributed by atoms with Crippen molar-refractivity contribution in [2.45, 2.75) is 38.6 Å². The van der Waals surface area contributed by atoms with Gasteiger partial charge in [0.15, 0.2) is 0 Å². The molecule has 1 aliphatic rings. The molecule has 0 spiro atoms. The molecule has 1 unspecified atom stereocenters. The summed E-state index contributed by atoms with van der Waals surface area (Å²) in [6.45, 7) is 4.12. The summed E-state index contributed by atoms with van der Waals surface area (Å²) < 4.78 is 5.27. The summed E-state index contributed by atoms with van der Waals surface area (Å²) in [5.41, 5.74) is 0. The number of rotatable bonds is 5. The van der Waals surface area contributed by atoms with Crippen molar-refractivity contribution in [1.82, 2.24) is 10.6 Å². The number of hydrogen-bond acceptors (Lipinski definition) is 3. The van der Waals surface area contributed by atoms with E-state index in [1.165, 1.54) is 12.8 Å². The van der Waals surface area contributed by atoms with Crippen LogP contribution in [0, 0.1) is 5.92 Å². The van der Waals surface area contributed by atoms with E-state index in [2.05, 4.69) is 10.6 Å². The Hall–Kier alpha value is -1.29. The zero-order valence-corrected chi connectivity index (χ0v) is 10.9. The van der Waals surface area contributed by atoms with Crippen molar-refractivity contribution < 1.29 is 9.21 Å². The van der Waals surface area contributed by atoms with Crippen LogP contribution in [0.25, 0.3) is 0 Å². The second-order valence-corrected chi connectivity index (χ2v) is 5.06. The minimum atomic E-state index is -0.0445. The molecular weight excluding hydrogens is 228 g/mol. The maximum absolute atomic E-state index is 11.8. The Morgan fingerprint density at radius 1 is 1.67 bits per heavy atom. The SMILES string of the molecule is C[C@@H](NC(=O)CCC1CCCNC1)c1ccco1. The van der Waals surface area contributed by atoms with Crippen molar-refractivity contribution >= 4 is 5.91 Å². The van der Waals surface area contributed by atoms with Gasteiger partial charge < -0.3 is 15.1 Å². The first-order valence-corrected chi connectivity index (χ1v) is 6.79. The van der Waals surface area contributed by atoms with Crippen LogP contribution in [0.3, 0.4) is 0 Å². The topological polar surface area (TPSA) is 54.3 Å². The van der Waals surface area contributed by atoms with Crippen LogP contribution in [0.5, 0.6) is 0 Å². The van der Waals surface area contributed by atoms with E-state index in [4.69, 9.17) is 4.42 Å². The van der Waals surface area contributed by atoms with Crippen molar-refractivity contribution in [1.29, 1.82) is 0 Å². The van der Waals surface area contributed by atoms with Gasteiger partial charge >= 0.3 is 0 Å². The summed E-state index contributed by atoms with van der Waals surface area (Å²) in [6, 6.07) is 3.68. The minimum absolute atomic E-state index is 0.0445. The molecule has 2 heterocycles. The van der Waals surface area contributed by atoms with E-state index in [-0.39, 0.29) is 11.9 Å². The number of hydrogen-bond donors (Lipinski definition) is 2. The second kappa shape index (κ2) is 6.59. The monoisotopic (exact) mass is 250 g/mol. The van der Waals surface area contributed by atoms with E-state index in [0.29, 0.717) is 12.3 Å². The lowest BCUT2D eigenvalue weighted by Crippen LogP contribution is -2.31. The van der Waals surface area contributed by atoms with Crippen LogP contribution >= 0.6 is 0 Å². The Kier molecular flexibility index (Phi) is 4.81. The normalized spacial score (nSPS) is 21.5. The average molecular weight is 250 g/mol. The van der Waals surface area contributed by atoms with Crippen molar-refractivity contribution in [3.8, 4) is 0 Å². The molecule has 1 amide bonds. The molecule has 0 saturated carbocycles. The van der Waals surface area contributed by atoms with Crippen molar-refractivity contribution in [3.63, 3.8) is 0 Å². The van der Waals surface area contributed by atoms with Gasteiger partial charge in [0.2, 0.25) is 5.91 Å². The third kappa shape index (κ3) is 3.88. The van der Waals surface area contributed by atoms with E-state index in [1.54, 1.807) is 6.26 Å². The molecule has 0 radical (unpaired) electrons. The van der Waals surface area contributed by atoms with Crippen LogP contribution in [0.4, 0.5) is 0 Å². The highest BCUT2D eigenvalue weighted by molar-refractivity contribution is 5.76. The summed E-state index contributed by atoms with van der Waals surface area (Å²) >= 11 is 0. The van der Waals surface area contributed by atoms with E-state index in [0.717, 1.165) is 25.3 Å². The van der Waals surface area contributed by atoms with Crippen LogP contribution in [0.1, 0.15) is 44.4 Å².